The molecule has 0 aliphatic heterocycles. The van der Waals surface area contributed by atoms with E-state index in [-0.39, 0.29) is 25.5 Å². The van der Waals surface area contributed by atoms with Gasteiger partial charge in [0.05, 0.1) is 25.5 Å². The summed E-state index contributed by atoms with van der Waals surface area (Å²) >= 11 is 0. The molecule has 4 aromatic rings. The van der Waals surface area contributed by atoms with E-state index in [2.05, 4.69) is 5.32 Å². The maximum absolute atomic E-state index is 12.2. The van der Waals surface area contributed by atoms with Crippen LogP contribution in [-0.2, 0) is 27.3 Å². The van der Waals surface area contributed by atoms with Crippen LogP contribution >= 0.6 is 0 Å². The van der Waals surface area contributed by atoms with Gasteiger partial charge in [-0.1, -0.05) is 30.3 Å². The van der Waals surface area contributed by atoms with Crippen molar-refractivity contribution in [3.63, 3.8) is 0 Å². The summed E-state index contributed by atoms with van der Waals surface area (Å²) in [6.07, 6.45) is 3.13. The molecule has 2 aromatic carbocycles. The predicted octanol–water partition coefficient (Wildman–Crippen LogP) is 3.58. The summed E-state index contributed by atoms with van der Waals surface area (Å²) in [6.45, 7) is -0.0855. The molecule has 0 aliphatic carbocycles. The highest BCUT2D eigenvalue weighted by Gasteiger charge is 2.15. The van der Waals surface area contributed by atoms with E-state index in [0.717, 1.165) is 21.7 Å². The third-order valence-corrected chi connectivity index (χ3v) is 4.28. The highest BCUT2D eigenvalue weighted by molar-refractivity contribution is 6.08. The minimum Gasteiger partial charge on any atom is -0.467 e. The summed E-state index contributed by atoms with van der Waals surface area (Å²) in [6, 6.07) is 15.3. The molecule has 136 valence electrons. The average Bonchev–Trinajstić information content (AvgIpc) is 3.35. The normalized spacial score (nSPS) is 11.0. The van der Waals surface area contributed by atoms with Crippen LogP contribution in [0.1, 0.15) is 11.3 Å². The predicted molar refractivity (Wildman–Crippen MR) is 98.9 cm³/mol. The quantitative estimate of drug-likeness (QED) is 0.530. The van der Waals surface area contributed by atoms with Crippen LogP contribution < -0.4 is 5.32 Å². The molecule has 0 saturated heterocycles. The Kier molecular flexibility index (Phi) is 4.61. The lowest BCUT2D eigenvalue weighted by atomic mass is 10.0. The number of hydrogen-bond acceptors (Lipinski definition) is 5. The van der Waals surface area contributed by atoms with E-state index in [1.807, 2.05) is 36.4 Å². The van der Waals surface area contributed by atoms with Crippen molar-refractivity contribution in [1.29, 1.82) is 0 Å². The Labute approximate surface area is 154 Å². The molecule has 0 unspecified atom stereocenters. The smallest absolute Gasteiger partial charge is 0.310 e. The molecule has 2 heterocycles. The van der Waals surface area contributed by atoms with E-state index in [0.29, 0.717) is 11.3 Å². The first-order valence-electron chi connectivity index (χ1n) is 8.53. The molecule has 0 spiro atoms. The Morgan fingerprint density at radius 1 is 1.00 bits per heavy atom. The van der Waals surface area contributed by atoms with E-state index in [9.17, 15) is 9.59 Å². The second kappa shape index (κ2) is 7.37. The minimum absolute atomic E-state index is 0.0342. The van der Waals surface area contributed by atoms with Gasteiger partial charge in [0.25, 0.3) is 5.91 Å². The fourth-order valence-electron chi connectivity index (χ4n) is 3.01. The Bertz CT molecular complexity index is 1090. The number of fused-ring (bicyclic) bond motifs is 3. The Balaban J connectivity index is 1.39. The van der Waals surface area contributed by atoms with Gasteiger partial charge < -0.3 is 18.9 Å². The Morgan fingerprint density at radius 2 is 1.89 bits per heavy atom. The molecule has 6 nitrogen and oxygen atoms in total. The molecule has 1 amide bonds. The Hall–Kier alpha value is -3.54. The zero-order chi connectivity index (χ0) is 18.6. The van der Waals surface area contributed by atoms with E-state index >= 15 is 0 Å². The van der Waals surface area contributed by atoms with Crippen LogP contribution in [-0.4, -0.2) is 18.5 Å². The van der Waals surface area contributed by atoms with Gasteiger partial charge in [-0.3, -0.25) is 9.59 Å². The third kappa shape index (κ3) is 3.69. The van der Waals surface area contributed by atoms with Crippen molar-refractivity contribution >= 4 is 33.6 Å². The SMILES string of the molecule is O=C(COC(=O)Cc1coc2ccc3ccccc3c12)NCc1ccco1. The summed E-state index contributed by atoms with van der Waals surface area (Å²) in [5, 5.41) is 5.60. The number of carbonyl (C=O) groups excluding carboxylic acids is 2. The average molecular weight is 363 g/mol. The van der Waals surface area contributed by atoms with Crippen LogP contribution in [0.4, 0.5) is 0 Å². The number of benzene rings is 2. The third-order valence-electron chi connectivity index (χ3n) is 4.28. The van der Waals surface area contributed by atoms with Crippen molar-refractivity contribution < 1.29 is 23.2 Å². The van der Waals surface area contributed by atoms with Crippen LogP contribution in [0.2, 0.25) is 0 Å². The number of carbonyl (C=O) groups is 2. The molecule has 4 rings (SSSR count). The van der Waals surface area contributed by atoms with Gasteiger partial charge in [-0.15, -0.1) is 0 Å². The summed E-state index contributed by atoms with van der Waals surface area (Å²) < 4.78 is 15.8. The maximum atomic E-state index is 12.2. The van der Waals surface area contributed by atoms with Gasteiger partial charge in [0.1, 0.15) is 11.3 Å². The van der Waals surface area contributed by atoms with Crippen LogP contribution in [0.15, 0.2) is 69.9 Å². The summed E-state index contributed by atoms with van der Waals surface area (Å²) in [7, 11) is 0. The van der Waals surface area contributed by atoms with Gasteiger partial charge in [-0.2, -0.15) is 0 Å². The van der Waals surface area contributed by atoms with Crippen LogP contribution in [0.5, 0.6) is 0 Å². The summed E-state index contributed by atoms with van der Waals surface area (Å²) in [5.74, 6) is -0.243. The monoisotopic (exact) mass is 363 g/mol. The highest BCUT2D eigenvalue weighted by atomic mass is 16.5. The van der Waals surface area contributed by atoms with Crippen LogP contribution in [0.3, 0.4) is 0 Å². The van der Waals surface area contributed by atoms with E-state index in [1.165, 1.54) is 6.26 Å². The van der Waals surface area contributed by atoms with E-state index in [1.54, 1.807) is 18.4 Å². The van der Waals surface area contributed by atoms with E-state index < -0.39 is 5.97 Å². The molecule has 27 heavy (non-hydrogen) atoms. The van der Waals surface area contributed by atoms with Gasteiger partial charge in [0, 0.05) is 10.9 Å². The number of furan rings is 2. The lowest BCUT2D eigenvalue weighted by Crippen LogP contribution is -2.28. The molecule has 0 atom stereocenters. The zero-order valence-electron chi connectivity index (χ0n) is 14.4. The Morgan fingerprint density at radius 3 is 2.74 bits per heavy atom. The van der Waals surface area contributed by atoms with Crippen molar-refractivity contribution in [2.24, 2.45) is 0 Å². The van der Waals surface area contributed by atoms with Crippen molar-refractivity contribution in [1.82, 2.24) is 5.32 Å². The van der Waals surface area contributed by atoms with Crippen molar-refractivity contribution in [2.45, 2.75) is 13.0 Å². The van der Waals surface area contributed by atoms with Crippen molar-refractivity contribution in [2.75, 3.05) is 6.61 Å². The number of nitrogens with one attached hydrogen (secondary N) is 1. The largest absolute Gasteiger partial charge is 0.467 e. The standard InChI is InChI=1S/C21H17NO5/c23-19(22-11-16-5-3-9-25-16)13-27-20(24)10-15-12-26-18-8-7-14-4-1-2-6-17(14)21(15)18/h1-9,12H,10-11,13H2,(H,22,23). The van der Waals surface area contributed by atoms with Crippen LogP contribution in [0.25, 0.3) is 21.7 Å². The van der Waals surface area contributed by atoms with Gasteiger partial charge in [0.15, 0.2) is 6.61 Å². The molecule has 0 fully saturated rings. The highest BCUT2D eigenvalue weighted by Crippen LogP contribution is 2.30. The second-order valence-electron chi connectivity index (χ2n) is 6.11. The van der Waals surface area contributed by atoms with Gasteiger partial charge in [0.2, 0.25) is 0 Å². The van der Waals surface area contributed by atoms with E-state index in [4.69, 9.17) is 13.6 Å². The first-order chi connectivity index (χ1) is 13.2. The molecule has 0 radical (unpaired) electrons. The fraction of sp³-hybridized carbons (Fsp3) is 0.143. The second-order valence-corrected chi connectivity index (χ2v) is 6.11. The van der Waals surface area contributed by atoms with Gasteiger partial charge in [-0.25, -0.2) is 0 Å². The molecular weight excluding hydrogens is 346 g/mol. The molecule has 0 bridgehead atoms. The van der Waals surface area contributed by atoms with Crippen LogP contribution in [0, 0.1) is 0 Å². The number of rotatable bonds is 6. The van der Waals surface area contributed by atoms with Gasteiger partial charge >= 0.3 is 5.97 Å². The number of esters is 1. The molecule has 6 heteroatoms. The maximum Gasteiger partial charge on any atom is 0.310 e. The number of amides is 1. The molecule has 1 N–H and O–H groups in total. The number of ether oxygens (including phenoxy) is 1. The topological polar surface area (TPSA) is 81.7 Å². The van der Waals surface area contributed by atoms with Crippen molar-refractivity contribution in [3.05, 3.63) is 72.4 Å². The summed E-state index contributed by atoms with van der Waals surface area (Å²) in [5.41, 5.74) is 1.45. The number of hydrogen-bond donors (Lipinski definition) is 1. The lowest BCUT2D eigenvalue weighted by Gasteiger charge is -2.06. The van der Waals surface area contributed by atoms with Gasteiger partial charge in [-0.05, 0) is 29.0 Å². The first kappa shape index (κ1) is 16.9. The fourth-order valence-corrected chi connectivity index (χ4v) is 3.01. The molecular formula is C21H17NO5. The molecule has 2 aromatic heterocycles. The minimum atomic E-state index is -0.487. The zero-order valence-corrected chi connectivity index (χ0v) is 14.4. The summed E-state index contributed by atoms with van der Waals surface area (Å²) in [4.78, 5) is 23.9. The van der Waals surface area contributed by atoms with Crippen molar-refractivity contribution in [3.8, 4) is 0 Å². The first-order valence-corrected chi connectivity index (χ1v) is 8.53. The molecule has 0 saturated carbocycles. The lowest BCUT2D eigenvalue weighted by molar-refractivity contribution is -0.147. The molecule has 0 aliphatic rings.